The number of carbonyl (C=O) groups is 1. The summed E-state index contributed by atoms with van der Waals surface area (Å²) in [7, 11) is 0. The van der Waals surface area contributed by atoms with E-state index in [1.807, 2.05) is 0 Å². The molecular formula is CH6N3NaO4. The summed E-state index contributed by atoms with van der Waals surface area (Å²) < 4.78 is 0. The average molecular weight is 147 g/mol. The van der Waals surface area contributed by atoms with Crippen molar-refractivity contribution >= 4 is 35.7 Å². The molecule has 0 heterocycles. The Morgan fingerprint density at radius 1 is 1.67 bits per heavy atom. The van der Waals surface area contributed by atoms with Crippen LogP contribution in [-0.2, 0) is 4.84 Å². The Bertz CT molecular complexity index is 85.9. The molecule has 0 bridgehead atoms. The monoisotopic (exact) mass is 147 g/mol. The molecule has 7 nitrogen and oxygen atoms in total. The minimum atomic E-state index is -1.07. The second-order valence-electron chi connectivity index (χ2n) is 0.598. The summed E-state index contributed by atoms with van der Waals surface area (Å²) >= 11 is 0. The number of nitrogens with one attached hydrogen (secondary N) is 1. The molecule has 0 aliphatic carbocycles. The Morgan fingerprint density at radius 2 is 2.11 bits per heavy atom. The van der Waals surface area contributed by atoms with E-state index in [0.29, 0.717) is 0 Å². The molecule has 8 heteroatoms. The van der Waals surface area contributed by atoms with Crippen LogP contribution in [-0.4, -0.2) is 41.1 Å². The van der Waals surface area contributed by atoms with Gasteiger partial charge in [-0.3, -0.25) is 10.3 Å². The summed E-state index contributed by atoms with van der Waals surface area (Å²) in [6.07, 6.45) is -1.07. The molecule has 5 N–H and O–H groups in total. The fourth-order valence-corrected chi connectivity index (χ4v) is 0.0602. The van der Waals surface area contributed by atoms with Gasteiger partial charge in [-0.1, -0.05) is 0 Å². The van der Waals surface area contributed by atoms with Crippen molar-refractivity contribution in [2.75, 3.05) is 0 Å². The van der Waals surface area contributed by atoms with Crippen molar-refractivity contribution in [3.05, 3.63) is 4.91 Å². The zero-order valence-corrected chi connectivity index (χ0v) is 3.75. The first-order valence-electron chi connectivity index (χ1n) is 1.31. The predicted molar refractivity (Wildman–Crippen MR) is 30.4 cm³/mol. The quantitative estimate of drug-likeness (QED) is 0.143. The van der Waals surface area contributed by atoms with Gasteiger partial charge in [-0.05, 0) is 0 Å². The van der Waals surface area contributed by atoms with Crippen molar-refractivity contribution in [2.24, 2.45) is 11.2 Å². The topological polar surface area (TPSA) is 125 Å². The number of nitrogens with zero attached hydrogens (tertiary/aromatic N) is 1. The van der Waals surface area contributed by atoms with Crippen LogP contribution >= 0.6 is 0 Å². The Morgan fingerprint density at radius 3 is 2.22 bits per heavy atom. The number of carbonyl (C=O) groups excluding carboxylic acids is 1. The van der Waals surface area contributed by atoms with Crippen LogP contribution in [0, 0.1) is 4.91 Å². The summed E-state index contributed by atoms with van der Waals surface area (Å²) in [6.45, 7) is 0. The van der Waals surface area contributed by atoms with Crippen LogP contribution in [0.1, 0.15) is 0 Å². The Labute approximate surface area is 72.4 Å². The van der Waals surface area contributed by atoms with E-state index >= 15 is 0 Å². The van der Waals surface area contributed by atoms with Gasteiger partial charge in [0.25, 0.3) is 0 Å². The summed E-state index contributed by atoms with van der Waals surface area (Å²) in [4.78, 5) is 22.0. The first-order valence-corrected chi connectivity index (χ1v) is 1.31. The van der Waals surface area contributed by atoms with Crippen molar-refractivity contribution in [3.63, 3.8) is 0 Å². The van der Waals surface area contributed by atoms with Gasteiger partial charge < -0.3 is 5.48 Å². The molecule has 0 aromatic carbocycles. The average Bonchev–Trinajstić information content (AvgIpc) is 1.68. The van der Waals surface area contributed by atoms with Crippen molar-refractivity contribution < 1.29 is 15.1 Å². The van der Waals surface area contributed by atoms with Gasteiger partial charge in [0.1, 0.15) is 0 Å². The Kier molecular flexibility index (Phi) is 18.9. The maximum atomic E-state index is 9.66. The summed E-state index contributed by atoms with van der Waals surface area (Å²) in [5.74, 6) is 4.43. The molecule has 0 atom stereocenters. The molecule has 0 aromatic rings. The molecule has 0 aromatic heterocycles. The van der Waals surface area contributed by atoms with Gasteiger partial charge in [0.05, 0.1) is 0 Å². The Balaban J connectivity index is -0.000000180. The third-order valence-corrected chi connectivity index (χ3v) is 0.238. The van der Waals surface area contributed by atoms with E-state index in [9.17, 15) is 4.79 Å². The zero-order valence-electron chi connectivity index (χ0n) is 3.75. The SMILES string of the molecule is NNC(=O)ON=O.O.[NaH]. The number of rotatable bonds is 1. The van der Waals surface area contributed by atoms with Gasteiger partial charge in [0.2, 0.25) is 0 Å². The van der Waals surface area contributed by atoms with E-state index in [4.69, 9.17) is 4.91 Å². The van der Waals surface area contributed by atoms with Crippen molar-refractivity contribution in [1.82, 2.24) is 5.43 Å². The van der Waals surface area contributed by atoms with E-state index in [2.05, 4.69) is 10.7 Å². The van der Waals surface area contributed by atoms with Gasteiger partial charge in [-0.25, -0.2) is 10.6 Å². The molecule has 0 rings (SSSR count). The fraction of sp³-hybridized carbons (Fsp3) is 0. The molecule has 0 radical (unpaired) electrons. The van der Waals surface area contributed by atoms with Crippen molar-refractivity contribution in [3.8, 4) is 0 Å². The van der Waals surface area contributed by atoms with Crippen LogP contribution in [0.3, 0.4) is 0 Å². The van der Waals surface area contributed by atoms with E-state index in [1.54, 1.807) is 5.34 Å². The molecule has 9 heavy (non-hydrogen) atoms. The number of nitrogens with two attached hydrogens (primary N) is 1. The van der Waals surface area contributed by atoms with Gasteiger partial charge in [0, 0.05) is 0 Å². The molecule has 0 spiro atoms. The first-order chi connectivity index (χ1) is 3.31. The van der Waals surface area contributed by atoms with E-state index in [0.717, 1.165) is 0 Å². The van der Waals surface area contributed by atoms with Crippen LogP contribution in [0.15, 0.2) is 5.34 Å². The van der Waals surface area contributed by atoms with Gasteiger partial charge in [-0.2, -0.15) is 0 Å². The maximum absolute atomic E-state index is 9.66. The molecule has 0 unspecified atom stereocenters. The number of hydrogen-bond donors (Lipinski definition) is 2. The molecule has 0 aliphatic rings. The second-order valence-corrected chi connectivity index (χ2v) is 0.598. The van der Waals surface area contributed by atoms with E-state index in [1.165, 1.54) is 5.43 Å². The predicted octanol–water partition coefficient (Wildman–Crippen LogP) is -2.21. The standard InChI is InChI=1S/CH3N3O3.Na.H2O.H/c2-3-1(5)7-4-6;;;/h2H2,(H,3,5);;1H2;. The van der Waals surface area contributed by atoms with E-state index in [-0.39, 0.29) is 35.0 Å². The number of hydrogen-bond acceptors (Lipinski definition) is 5. The van der Waals surface area contributed by atoms with Crippen LogP contribution in [0.5, 0.6) is 0 Å². The third-order valence-electron chi connectivity index (χ3n) is 0.238. The van der Waals surface area contributed by atoms with Gasteiger partial charge >= 0.3 is 35.7 Å². The van der Waals surface area contributed by atoms with Crippen LogP contribution in [0.4, 0.5) is 4.79 Å². The normalized spacial score (nSPS) is 5.44. The van der Waals surface area contributed by atoms with Crippen molar-refractivity contribution in [1.29, 1.82) is 0 Å². The fourth-order valence-electron chi connectivity index (χ4n) is 0.0602. The summed E-state index contributed by atoms with van der Waals surface area (Å²) in [5.41, 5.74) is 1.51. The summed E-state index contributed by atoms with van der Waals surface area (Å²) in [6, 6.07) is 0. The van der Waals surface area contributed by atoms with Gasteiger partial charge in [-0.15, -0.1) is 4.91 Å². The molecule has 0 fully saturated rings. The van der Waals surface area contributed by atoms with Crippen molar-refractivity contribution in [2.45, 2.75) is 0 Å². The Hall–Kier alpha value is -0.210. The summed E-state index contributed by atoms with van der Waals surface area (Å²) in [5, 5.41) is 1.76. The molecule has 50 valence electrons. The van der Waals surface area contributed by atoms with Crippen LogP contribution in [0.25, 0.3) is 0 Å². The first kappa shape index (κ1) is 15.9. The van der Waals surface area contributed by atoms with E-state index < -0.39 is 6.09 Å². The number of amides is 1. The second kappa shape index (κ2) is 10.7. The van der Waals surface area contributed by atoms with Crippen LogP contribution in [0.2, 0.25) is 0 Å². The zero-order chi connectivity index (χ0) is 5.70. The molecule has 0 saturated heterocycles. The molecule has 0 aliphatic heterocycles. The molecule has 0 saturated carbocycles. The molecular weight excluding hydrogens is 141 g/mol. The molecule has 1 amide bonds. The number of hydrazine groups is 1. The van der Waals surface area contributed by atoms with Crippen LogP contribution < -0.4 is 11.3 Å². The third kappa shape index (κ3) is 11.4. The minimum absolute atomic E-state index is 0. The van der Waals surface area contributed by atoms with Gasteiger partial charge in [0.15, 0.2) is 5.34 Å².